The number of hydrogen-bond acceptors (Lipinski definition) is 2. The van der Waals surface area contributed by atoms with Crippen molar-refractivity contribution in [3.8, 4) is 0 Å². The molecule has 8 heavy (non-hydrogen) atoms. The molecule has 1 rings (SSSR count). The van der Waals surface area contributed by atoms with Gasteiger partial charge in [0.1, 0.15) is 0 Å². The maximum atomic E-state index is 5.14. The normalized spacial score (nSPS) is 36.8. The molecule has 0 radical (unpaired) electrons. The van der Waals surface area contributed by atoms with Crippen molar-refractivity contribution >= 4 is 12.6 Å². The van der Waals surface area contributed by atoms with E-state index in [9.17, 15) is 0 Å². The zero-order valence-corrected chi connectivity index (χ0v) is 6.03. The molecule has 0 aromatic heterocycles. The average Bonchev–Trinajstić information content (AvgIpc) is 1.66. The lowest BCUT2D eigenvalue weighted by Crippen LogP contribution is -2.34. The van der Waals surface area contributed by atoms with Crippen molar-refractivity contribution in [1.29, 1.82) is 0 Å². The first-order valence-electron chi connectivity index (χ1n) is 3.02. The van der Waals surface area contributed by atoms with E-state index in [0.29, 0.717) is 6.10 Å². The van der Waals surface area contributed by atoms with Gasteiger partial charge in [-0.1, -0.05) is 0 Å². The van der Waals surface area contributed by atoms with Crippen molar-refractivity contribution in [3.05, 3.63) is 0 Å². The maximum absolute atomic E-state index is 5.14. The highest BCUT2D eigenvalue weighted by Crippen LogP contribution is 2.30. The Morgan fingerprint density at radius 3 is 2.50 bits per heavy atom. The van der Waals surface area contributed by atoms with E-state index in [2.05, 4.69) is 12.6 Å². The van der Waals surface area contributed by atoms with Gasteiger partial charge in [0.2, 0.25) is 0 Å². The van der Waals surface area contributed by atoms with Crippen molar-refractivity contribution < 1.29 is 4.74 Å². The second kappa shape index (κ2) is 2.74. The molecule has 0 aromatic rings. The Bertz CT molecular complexity index is 60.9. The summed E-state index contributed by atoms with van der Waals surface area (Å²) in [5, 5.41) is 0. The summed E-state index contributed by atoms with van der Waals surface area (Å²) < 4.78 is 5.14. The molecule has 1 saturated carbocycles. The molecule has 1 aliphatic carbocycles. The van der Waals surface area contributed by atoms with Crippen LogP contribution in [0.4, 0.5) is 0 Å². The van der Waals surface area contributed by atoms with Crippen LogP contribution in [0.5, 0.6) is 0 Å². The van der Waals surface area contributed by atoms with Gasteiger partial charge in [-0.2, -0.15) is 12.6 Å². The SMILES string of the molecule is CO[C@@H]1CC[C@H]1CS. The van der Waals surface area contributed by atoms with Crippen molar-refractivity contribution in [1.82, 2.24) is 0 Å². The maximum Gasteiger partial charge on any atom is 0.0607 e. The summed E-state index contributed by atoms with van der Waals surface area (Å²) in [7, 11) is 1.78. The molecule has 0 spiro atoms. The summed E-state index contributed by atoms with van der Waals surface area (Å²) in [6.45, 7) is 0. The third kappa shape index (κ3) is 1.00. The highest BCUT2D eigenvalue weighted by Gasteiger charge is 2.28. The Morgan fingerprint density at radius 1 is 1.62 bits per heavy atom. The van der Waals surface area contributed by atoms with Gasteiger partial charge in [0.05, 0.1) is 6.10 Å². The van der Waals surface area contributed by atoms with E-state index in [1.165, 1.54) is 12.8 Å². The highest BCUT2D eigenvalue weighted by molar-refractivity contribution is 7.80. The Hall–Kier alpha value is 0.310. The largest absolute Gasteiger partial charge is 0.381 e. The molecular formula is C6H12OS. The number of rotatable bonds is 2. The lowest BCUT2D eigenvalue weighted by atomic mass is 9.83. The monoisotopic (exact) mass is 132 g/mol. The van der Waals surface area contributed by atoms with Crippen LogP contribution in [0.25, 0.3) is 0 Å². The Labute approximate surface area is 55.8 Å². The molecule has 1 nitrogen and oxygen atoms in total. The molecule has 1 aliphatic rings. The van der Waals surface area contributed by atoms with Crippen LogP contribution in [0.2, 0.25) is 0 Å². The van der Waals surface area contributed by atoms with Crippen LogP contribution in [0.1, 0.15) is 12.8 Å². The molecule has 0 N–H and O–H groups in total. The van der Waals surface area contributed by atoms with Gasteiger partial charge in [-0.05, 0) is 24.5 Å². The number of thiol groups is 1. The predicted molar refractivity (Wildman–Crippen MR) is 37.4 cm³/mol. The molecule has 0 saturated heterocycles. The molecule has 1 fully saturated rings. The number of ether oxygens (including phenoxy) is 1. The Morgan fingerprint density at radius 2 is 2.38 bits per heavy atom. The minimum absolute atomic E-state index is 0.521. The van der Waals surface area contributed by atoms with E-state index in [0.717, 1.165) is 11.7 Å². The molecule has 0 bridgehead atoms. The molecular weight excluding hydrogens is 120 g/mol. The molecule has 0 amide bonds. The molecule has 48 valence electrons. The van der Waals surface area contributed by atoms with Gasteiger partial charge in [0, 0.05) is 7.11 Å². The van der Waals surface area contributed by atoms with E-state index in [4.69, 9.17) is 4.74 Å². The highest BCUT2D eigenvalue weighted by atomic mass is 32.1. The van der Waals surface area contributed by atoms with E-state index >= 15 is 0 Å². The van der Waals surface area contributed by atoms with Crippen LogP contribution in [-0.4, -0.2) is 19.0 Å². The lowest BCUT2D eigenvalue weighted by molar-refractivity contribution is -0.00530. The Kier molecular flexibility index (Phi) is 2.20. The van der Waals surface area contributed by atoms with Gasteiger partial charge in [-0.3, -0.25) is 0 Å². The molecule has 0 heterocycles. The van der Waals surface area contributed by atoms with Gasteiger partial charge in [-0.25, -0.2) is 0 Å². The van der Waals surface area contributed by atoms with E-state index in [1.54, 1.807) is 7.11 Å². The fourth-order valence-electron chi connectivity index (χ4n) is 1.06. The predicted octanol–water partition coefficient (Wildman–Crippen LogP) is 1.34. The quantitative estimate of drug-likeness (QED) is 0.558. The molecule has 2 heteroatoms. The zero-order valence-electron chi connectivity index (χ0n) is 5.13. The van der Waals surface area contributed by atoms with Crippen LogP contribution < -0.4 is 0 Å². The van der Waals surface area contributed by atoms with Gasteiger partial charge < -0.3 is 4.74 Å². The molecule has 0 aromatic carbocycles. The van der Waals surface area contributed by atoms with Crippen molar-refractivity contribution in [2.24, 2.45) is 5.92 Å². The third-order valence-electron chi connectivity index (χ3n) is 1.89. The van der Waals surface area contributed by atoms with Crippen LogP contribution in [0.3, 0.4) is 0 Å². The van der Waals surface area contributed by atoms with Crippen molar-refractivity contribution in [2.45, 2.75) is 18.9 Å². The molecule has 0 unspecified atom stereocenters. The zero-order chi connectivity index (χ0) is 5.98. The Balaban J connectivity index is 2.16. The van der Waals surface area contributed by atoms with Crippen molar-refractivity contribution in [2.75, 3.05) is 12.9 Å². The third-order valence-corrected chi connectivity index (χ3v) is 2.35. The summed E-state index contributed by atoms with van der Waals surface area (Å²) in [5.74, 6) is 1.72. The number of methoxy groups -OCH3 is 1. The summed E-state index contributed by atoms with van der Waals surface area (Å²) >= 11 is 4.18. The fourth-order valence-corrected chi connectivity index (χ4v) is 1.48. The second-order valence-corrected chi connectivity index (χ2v) is 2.66. The smallest absolute Gasteiger partial charge is 0.0607 e. The summed E-state index contributed by atoms with van der Waals surface area (Å²) in [6, 6.07) is 0. The topological polar surface area (TPSA) is 9.23 Å². The average molecular weight is 132 g/mol. The van der Waals surface area contributed by atoms with Crippen LogP contribution in [0.15, 0.2) is 0 Å². The van der Waals surface area contributed by atoms with Crippen molar-refractivity contribution in [3.63, 3.8) is 0 Å². The van der Waals surface area contributed by atoms with Crippen LogP contribution in [0, 0.1) is 5.92 Å². The van der Waals surface area contributed by atoms with Crippen LogP contribution >= 0.6 is 12.6 Å². The standard InChI is InChI=1S/C6H12OS/c1-7-6-3-2-5(6)4-8/h5-6,8H,2-4H2,1H3/t5-,6+/m0/s1. The van der Waals surface area contributed by atoms with Gasteiger partial charge >= 0.3 is 0 Å². The van der Waals surface area contributed by atoms with E-state index < -0.39 is 0 Å². The summed E-state index contributed by atoms with van der Waals surface area (Å²) in [6.07, 6.45) is 3.07. The minimum Gasteiger partial charge on any atom is -0.381 e. The molecule has 0 aliphatic heterocycles. The molecule has 2 atom stereocenters. The minimum atomic E-state index is 0.521. The first-order chi connectivity index (χ1) is 3.88. The number of hydrogen-bond donors (Lipinski definition) is 1. The van der Waals surface area contributed by atoms with E-state index in [1.807, 2.05) is 0 Å². The first kappa shape index (κ1) is 6.43. The van der Waals surface area contributed by atoms with Gasteiger partial charge in [0.15, 0.2) is 0 Å². The van der Waals surface area contributed by atoms with Gasteiger partial charge in [-0.15, -0.1) is 0 Å². The lowest BCUT2D eigenvalue weighted by Gasteiger charge is -2.33. The van der Waals surface area contributed by atoms with Gasteiger partial charge in [0.25, 0.3) is 0 Å². The summed E-state index contributed by atoms with van der Waals surface area (Å²) in [4.78, 5) is 0. The van der Waals surface area contributed by atoms with Crippen LogP contribution in [-0.2, 0) is 4.74 Å². The second-order valence-electron chi connectivity index (χ2n) is 2.29. The fraction of sp³-hybridized carbons (Fsp3) is 1.00. The first-order valence-corrected chi connectivity index (χ1v) is 3.65. The van der Waals surface area contributed by atoms with E-state index in [-0.39, 0.29) is 0 Å². The summed E-state index contributed by atoms with van der Waals surface area (Å²) in [5.41, 5.74) is 0.